The maximum absolute atomic E-state index is 9.28. The predicted molar refractivity (Wildman–Crippen MR) is 85.8 cm³/mol. The Morgan fingerprint density at radius 1 is 1.15 bits per heavy atom. The Balaban J connectivity index is 1.91. The van der Waals surface area contributed by atoms with Gasteiger partial charge in [-0.15, -0.1) is 6.58 Å². The molecule has 1 aliphatic carbocycles. The highest BCUT2D eigenvalue weighted by Crippen LogP contribution is 2.32. The molecule has 1 fully saturated rings. The van der Waals surface area contributed by atoms with E-state index in [1.807, 2.05) is 12.1 Å². The van der Waals surface area contributed by atoms with E-state index in [1.165, 1.54) is 37.7 Å². The van der Waals surface area contributed by atoms with Crippen molar-refractivity contribution >= 4 is 0 Å². The van der Waals surface area contributed by atoms with Gasteiger partial charge < -0.3 is 5.11 Å². The second kappa shape index (κ2) is 7.94. The molecule has 0 spiro atoms. The first-order valence-corrected chi connectivity index (χ1v) is 7.85. The Kier molecular flexibility index (Phi) is 5.91. The largest absolute Gasteiger partial charge is 0.508 e. The van der Waals surface area contributed by atoms with E-state index in [2.05, 4.69) is 24.8 Å². The molecular weight excluding hydrogens is 244 g/mol. The minimum Gasteiger partial charge on any atom is -0.508 e. The number of aromatic hydroxyl groups is 1. The van der Waals surface area contributed by atoms with Gasteiger partial charge in [-0.3, -0.25) is 0 Å². The molecule has 1 saturated carbocycles. The van der Waals surface area contributed by atoms with Crippen molar-refractivity contribution in [2.24, 2.45) is 11.8 Å². The van der Waals surface area contributed by atoms with Crippen molar-refractivity contribution < 1.29 is 5.11 Å². The van der Waals surface area contributed by atoms with Crippen LogP contribution in [0, 0.1) is 11.8 Å². The highest BCUT2D eigenvalue weighted by Gasteiger charge is 2.20. The van der Waals surface area contributed by atoms with Crippen LogP contribution in [0.5, 0.6) is 5.75 Å². The summed E-state index contributed by atoms with van der Waals surface area (Å²) in [6, 6.07) is 7.49. The van der Waals surface area contributed by atoms with Crippen molar-refractivity contribution in [3.05, 3.63) is 54.6 Å². The number of benzene rings is 1. The van der Waals surface area contributed by atoms with Crippen LogP contribution in [-0.2, 0) is 6.42 Å². The third kappa shape index (κ3) is 4.56. The molecule has 108 valence electrons. The molecule has 2 rings (SSSR count). The third-order valence-electron chi connectivity index (χ3n) is 4.37. The molecule has 0 amide bonds. The van der Waals surface area contributed by atoms with Crippen molar-refractivity contribution in [3.8, 4) is 5.75 Å². The zero-order valence-corrected chi connectivity index (χ0v) is 12.3. The standard InChI is InChI=1S/C19H26O/c1-2-7-17(18-9-4-3-5-10-18)11-6-8-16-12-14-19(20)15-13-16/h2,6,11-15,17-18,20H,1,3-5,7-10H2. The van der Waals surface area contributed by atoms with E-state index < -0.39 is 0 Å². The summed E-state index contributed by atoms with van der Waals surface area (Å²) < 4.78 is 0. The zero-order valence-electron chi connectivity index (χ0n) is 12.3. The highest BCUT2D eigenvalue weighted by atomic mass is 16.3. The van der Waals surface area contributed by atoms with E-state index in [0.29, 0.717) is 11.7 Å². The van der Waals surface area contributed by atoms with Crippen LogP contribution in [0.3, 0.4) is 0 Å². The first-order valence-electron chi connectivity index (χ1n) is 7.85. The Morgan fingerprint density at radius 2 is 1.85 bits per heavy atom. The summed E-state index contributed by atoms with van der Waals surface area (Å²) in [5, 5.41) is 9.28. The maximum atomic E-state index is 9.28. The third-order valence-corrected chi connectivity index (χ3v) is 4.37. The second-order valence-corrected chi connectivity index (χ2v) is 5.89. The van der Waals surface area contributed by atoms with Gasteiger partial charge in [0.1, 0.15) is 5.75 Å². The molecule has 1 atom stereocenters. The summed E-state index contributed by atoms with van der Waals surface area (Å²) in [6.07, 6.45) is 15.7. The molecule has 1 heteroatoms. The van der Waals surface area contributed by atoms with Gasteiger partial charge in [-0.25, -0.2) is 0 Å². The summed E-state index contributed by atoms with van der Waals surface area (Å²) in [4.78, 5) is 0. The van der Waals surface area contributed by atoms with Crippen LogP contribution in [0.2, 0.25) is 0 Å². The van der Waals surface area contributed by atoms with Crippen LogP contribution in [0.25, 0.3) is 0 Å². The number of phenolic OH excluding ortho intramolecular Hbond substituents is 1. The summed E-state index contributed by atoms with van der Waals surface area (Å²) in [5.74, 6) is 1.84. The Morgan fingerprint density at radius 3 is 2.50 bits per heavy atom. The number of hydrogen-bond acceptors (Lipinski definition) is 1. The Hall–Kier alpha value is -1.50. The van der Waals surface area contributed by atoms with Crippen LogP contribution in [0.4, 0.5) is 0 Å². The number of phenols is 1. The van der Waals surface area contributed by atoms with Gasteiger partial charge in [0.05, 0.1) is 0 Å². The molecule has 1 aromatic carbocycles. The molecular formula is C19H26O. The molecule has 0 aliphatic heterocycles. The van der Waals surface area contributed by atoms with Crippen molar-refractivity contribution in [1.29, 1.82) is 0 Å². The highest BCUT2D eigenvalue weighted by molar-refractivity contribution is 5.27. The average Bonchev–Trinajstić information content (AvgIpc) is 2.49. The predicted octanol–water partition coefficient (Wildman–Crippen LogP) is 5.26. The van der Waals surface area contributed by atoms with Crippen LogP contribution in [0.1, 0.15) is 44.1 Å². The lowest BCUT2D eigenvalue weighted by molar-refractivity contribution is 0.287. The Labute approximate surface area is 123 Å². The maximum Gasteiger partial charge on any atom is 0.115 e. The summed E-state index contributed by atoms with van der Waals surface area (Å²) in [6.45, 7) is 3.91. The fourth-order valence-electron chi connectivity index (χ4n) is 3.19. The second-order valence-electron chi connectivity index (χ2n) is 5.89. The van der Waals surface area contributed by atoms with Gasteiger partial charge in [0.2, 0.25) is 0 Å². The van der Waals surface area contributed by atoms with E-state index in [1.54, 1.807) is 12.1 Å². The van der Waals surface area contributed by atoms with Crippen molar-refractivity contribution in [2.45, 2.75) is 44.9 Å². The van der Waals surface area contributed by atoms with Gasteiger partial charge in [-0.05, 0) is 55.2 Å². The van der Waals surface area contributed by atoms with Crippen LogP contribution in [0.15, 0.2) is 49.1 Å². The van der Waals surface area contributed by atoms with Gasteiger partial charge in [0.15, 0.2) is 0 Å². The van der Waals surface area contributed by atoms with Crippen LogP contribution in [-0.4, -0.2) is 5.11 Å². The molecule has 0 saturated heterocycles. The monoisotopic (exact) mass is 270 g/mol. The summed E-state index contributed by atoms with van der Waals surface area (Å²) >= 11 is 0. The number of hydrogen-bond donors (Lipinski definition) is 1. The molecule has 20 heavy (non-hydrogen) atoms. The fourth-order valence-corrected chi connectivity index (χ4v) is 3.19. The number of rotatable bonds is 6. The normalized spacial score (nSPS) is 18.2. The molecule has 1 N–H and O–H groups in total. The van der Waals surface area contributed by atoms with E-state index in [0.717, 1.165) is 18.8 Å². The lowest BCUT2D eigenvalue weighted by Crippen LogP contribution is -2.15. The zero-order chi connectivity index (χ0) is 14.2. The van der Waals surface area contributed by atoms with E-state index in [9.17, 15) is 5.11 Å². The lowest BCUT2D eigenvalue weighted by atomic mass is 9.78. The molecule has 1 aliphatic rings. The molecule has 0 radical (unpaired) electrons. The van der Waals surface area contributed by atoms with Gasteiger partial charge in [0, 0.05) is 0 Å². The molecule has 0 heterocycles. The minimum absolute atomic E-state index is 0.337. The van der Waals surface area contributed by atoms with Crippen LogP contribution < -0.4 is 0 Å². The molecule has 0 aromatic heterocycles. The van der Waals surface area contributed by atoms with Crippen molar-refractivity contribution in [1.82, 2.24) is 0 Å². The van der Waals surface area contributed by atoms with Gasteiger partial charge in [0.25, 0.3) is 0 Å². The van der Waals surface area contributed by atoms with E-state index in [-0.39, 0.29) is 0 Å². The summed E-state index contributed by atoms with van der Waals surface area (Å²) in [7, 11) is 0. The van der Waals surface area contributed by atoms with Crippen LogP contribution >= 0.6 is 0 Å². The lowest BCUT2D eigenvalue weighted by Gasteiger charge is -2.27. The smallest absolute Gasteiger partial charge is 0.115 e. The quantitative estimate of drug-likeness (QED) is 0.699. The minimum atomic E-state index is 0.337. The molecule has 1 aromatic rings. The molecule has 0 bridgehead atoms. The van der Waals surface area contributed by atoms with E-state index in [4.69, 9.17) is 0 Å². The fraction of sp³-hybridized carbons (Fsp3) is 0.474. The van der Waals surface area contributed by atoms with Gasteiger partial charge >= 0.3 is 0 Å². The Bertz CT molecular complexity index is 424. The summed E-state index contributed by atoms with van der Waals surface area (Å²) in [5.41, 5.74) is 1.25. The average molecular weight is 270 g/mol. The number of allylic oxidation sites excluding steroid dienone is 3. The van der Waals surface area contributed by atoms with Gasteiger partial charge in [-0.2, -0.15) is 0 Å². The first kappa shape index (κ1) is 14.9. The molecule has 1 unspecified atom stereocenters. The van der Waals surface area contributed by atoms with E-state index >= 15 is 0 Å². The first-order chi connectivity index (χ1) is 9.79. The topological polar surface area (TPSA) is 20.2 Å². The van der Waals surface area contributed by atoms with Gasteiger partial charge in [-0.1, -0.05) is 49.6 Å². The molecule has 1 nitrogen and oxygen atoms in total. The van der Waals surface area contributed by atoms with Crippen molar-refractivity contribution in [2.75, 3.05) is 0 Å². The SMILES string of the molecule is C=CCC(C=CCc1ccc(O)cc1)C1CCCCC1. The van der Waals surface area contributed by atoms with Crippen molar-refractivity contribution in [3.63, 3.8) is 0 Å².